The summed E-state index contributed by atoms with van der Waals surface area (Å²) in [6, 6.07) is 13.0. The van der Waals surface area contributed by atoms with Gasteiger partial charge in [-0.2, -0.15) is 0 Å². The largest absolute Gasteiger partial charge is 0.507 e. The van der Waals surface area contributed by atoms with Gasteiger partial charge in [0, 0.05) is 22.9 Å². The molecule has 0 aliphatic heterocycles. The average molecular weight is 312 g/mol. The Morgan fingerprint density at radius 3 is 2.18 bits per heavy atom. The van der Waals surface area contributed by atoms with Gasteiger partial charge >= 0.3 is 0 Å². The van der Waals surface area contributed by atoms with Crippen LogP contribution in [0.5, 0.6) is 5.75 Å². The molecule has 0 unspecified atom stereocenters. The standard InChI is InChI=1S/C17H10ClNO3/c18-14-15(19-9-10-5-1-4-8-13(10)20)17(22)12-7-3-2-6-11(12)16(14)21/h1-9,20H. The van der Waals surface area contributed by atoms with Gasteiger partial charge < -0.3 is 5.11 Å². The number of phenols is 1. The fourth-order valence-corrected chi connectivity index (χ4v) is 2.41. The Morgan fingerprint density at radius 1 is 0.909 bits per heavy atom. The minimum Gasteiger partial charge on any atom is -0.507 e. The summed E-state index contributed by atoms with van der Waals surface area (Å²) in [5.41, 5.74) is 0.868. The molecule has 1 aliphatic carbocycles. The molecule has 2 aromatic rings. The molecule has 0 fully saturated rings. The fraction of sp³-hybridized carbons (Fsp3) is 0. The van der Waals surface area contributed by atoms with E-state index in [1.165, 1.54) is 12.3 Å². The van der Waals surface area contributed by atoms with Gasteiger partial charge in [0.25, 0.3) is 0 Å². The van der Waals surface area contributed by atoms with E-state index in [1.807, 2.05) is 0 Å². The Morgan fingerprint density at radius 2 is 1.50 bits per heavy atom. The number of allylic oxidation sites excluding steroid dienone is 2. The summed E-state index contributed by atoms with van der Waals surface area (Å²) in [6.07, 6.45) is 1.31. The molecule has 3 rings (SSSR count). The molecule has 0 saturated heterocycles. The first-order valence-corrected chi connectivity index (χ1v) is 6.87. The molecule has 0 heterocycles. The smallest absolute Gasteiger partial charge is 0.213 e. The van der Waals surface area contributed by atoms with Crippen molar-refractivity contribution in [1.82, 2.24) is 0 Å². The molecule has 4 nitrogen and oxygen atoms in total. The van der Waals surface area contributed by atoms with Crippen LogP contribution in [0, 0.1) is 0 Å². The minimum atomic E-state index is -0.429. The van der Waals surface area contributed by atoms with Gasteiger partial charge in [-0.15, -0.1) is 0 Å². The molecule has 0 spiro atoms. The van der Waals surface area contributed by atoms with Crippen molar-refractivity contribution in [1.29, 1.82) is 0 Å². The van der Waals surface area contributed by atoms with Crippen LogP contribution in [0.4, 0.5) is 0 Å². The molecule has 0 atom stereocenters. The van der Waals surface area contributed by atoms with Crippen molar-refractivity contribution in [2.75, 3.05) is 0 Å². The number of fused-ring (bicyclic) bond motifs is 1. The van der Waals surface area contributed by atoms with Crippen LogP contribution in [-0.4, -0.2) is 22.9 Å². The van der Waals surface area contributed by atoms with Gasteiger partial charge in [0.05, 0.1) is 0 Å². The van der Waals surface area contributed by atoms with E-state index in [0.29, 0.717) is 5.56 Å². The first kappa shape index (κ1) is 14.2. The molecule has 0 amide bonds. The van der Waals surface area contributed by atoms with Crippen molar-refractivity contribution in [2.45, 2.75) is 0 Å². The number of rotatable bonds is 2. The third kappa shape index (κ3) is 2.34. The average Bonchev–Trinajstić information content (AvgIpc) is 2.54. The maximum absolute atomic E-state index is 12.4. The molecule has 2 aromatic carbocycles. The van der Waals surface area contributed by atoms with Gasteiger partial charge in [-0.1, -0.05) is 48.0 Å². The third-order valence-corrected chi connectivity index (χ3v) is 3.66. The highest BCUT2D eigenvalue weighted by Gasteiger charge is 2.30. The summed E-state index contributed by atoms with van der Waals surface area (Å²) in [5, 5.41) is 9.48. The molecule has 5 heteroatoms. The lowest BCUT2D eigenvalue weighted by molar-refractivity contribution is 0.0980. The highest BCUT2D eigenvalue weighted by molar-refractivity contribution is 6.50. The normalized spacial score (nSPS) is 14.6. The summed E-state index contributed by atoms with van der Waals surface area (Å²) in [4.78, 5) is 28.6. The molecular formula is C17H10ClNO3. The Hall–Kier alpha value is -2.72. The number of aromatic hydroxyl groups is 1. The van der Waals surface area contributed by atoms with Crippen LogP contribution in [-0.2, 0) is 0 Å². The zero-order chi connectivity index (χ0) is 15.7. The number of carbonyl (C=O) groups excluding carboxylic acids is 2. The number of hydrogen-bond acceptors (Lipinski definition) is 4. The van der Waals surface area contributed by atoms with Crippen LogP contribution in [0.15, 0.2) is 64.3 Å². The lowest BCUT2D eigenvalue weighted by atomic mass is 9.92. The Balaban J connectivity index is 2.04. The lowest BCUT2D eigenvalue weighted by Gasteiger charge is -2.14. The molecule has 0 saturated carbocycles. The van der Waals surface area contributed by atoms with Crippen molar-refractivity contribution >= 4 is 29.4 Å². The van der Waals surface area contributed by atoms with Gasteiger partial charge in [0.15, 0.2) is 0 Å². The number of benzene rings is 2. The number of hydrogen-bond donors (Lipinski definition) is 1. The third-order valence-electron chi connectivity index (χ3n) is 3.31. The van der Waals surface area contributed by atoms with Crippen LogP contribution in [0.1, 0.15) is 26.3 Å². The maximum atomic E-state index is 12.4. The molecule has 22 heavy (non-hydrogen) atoms. The van der Waals surface area contributed by atoms with E-state index in [-0.39, 0.29) is 27.6 Å². The summed E-state index contributed by atoms with van der Waals surface area (Å²) in [6.45, 7) is 0. The van der Waals surface area contributed by atoms with Gasteiger partial charge in [0.1, 0.15) is 16.5 Å². The predicted octanol–water partition coefficient (Wildman–Crippen LogP) is 3.34. The Bertz CT molecular complexity index is 852. The van der Waals surface area contributed by atoms with Gasteiger partial charge in [-0.3, -0.25) is 14.6 Å². The van der Waals surface area contributed by atoms with Gasteiger partial charge in [-0.25, -0.2) is 0 Å². The topological polar surface area (TPSA) is 66.7 Å². The quantitative estimate of drug-likeness (QED) is 0.865. The van der Waals surface area contributed by atoms with E-state index in [4.69, 9.17) is 11.6 Å². The Kier molecular flexibility index (Phi) is 3.61. The Labute approximate surface area is 131 Å². The van der Waals surface area contributed by atoms with E-state index in [2.05, 4.69) is 4.99 Å². The van der Waals surface area contributed by atoms with Gasteiger partial charge in [-0.05, 0) is 12.1 Å². The monoisotopic (exact) mass is 311 g/mol. The first-order valence-electron chi connectivity index (χ1n) is 6.50. The molecule has 0 aromatic heterocycles. The number of aliphatic imine (C=N–C) groups is 1. The number of halogens is 1. The minimum absolute atomic E-state index is 0.0259. The van der Waals surface area contributed by atoms with Crippen molar-refractivity contribution in [3.05, 3.63) is 76.0 Å². The number of Topliss-reactive ketones (excluding diaryl/α,β-unsaturated/α-hetero) is 2. The van der Waals surface area contributed by atoms with Crippen molar-refractivity contribution in [3.63, 3.8) is 0 Å². The van der Waals surface area contributed by atoms with Crippen LogP contribution in [0.2, 0.25) is 0 Å². The van der Waals surface area contributed by atoms with Crippen molar-refractivity contribution in [2.24, 2.45) is 4.99 Å². The van der Waals surface area contributed by atoms with E-state index in [0.717, 1.165) is 0 Å². The predicted molar refractivity (Wildman–Crippen MR) is 83.7 cm³/mol. The number of phenolic OH excluding ortho intramolecular Hbond substituents is 1. The number of nitrogens with zero attached hydrogens (tertiary/aromatic N) is 1. The summed E-state index contributed by atoms with van der Waals surface area (Å²) in [7, 11) is 0. The SMILES string of the molecule is O=C1C(Cl)=C(N=Cc2ccccc2O)C(=O)c2ccccc21. The fourth-order valence-electron chi connectivity index (χ4n) is 2.18. The number of para-hydroxylation sites is 1. The second kappa shape index (κ2) is 5.58. The van der Waals surface area contributed by atoms with Crippen molar-refractivity contribution in [3.8, 4) is 5.75 Å². The number of carbonyl (C=O) groups is 2. The molecular weight excluding hydrogens is 302 g/mol. The van der Waals surface area contributed by atoms with Crippen molar-refractivity contribution < 1.29 is 14.7 Å². The zero-order valence-corrected chi connectivity index (χ0v) is 12.0. The molecule has 0 bridgehead atoms. The van der Waals surface area contributed by atoms with E-state index >= 15 is 0 Å². The maximum Gasteiger partial charge on any atom is 0.213 e. The highest BCUT2D eigenvalue weighted by atomic mass is 35.5. The molecule has 1 aliphatic rings. The second-order valence-electron chi connectivity index (χ2n) is 4.68. The lowest BCUT2D eigenvalue weighted by Crippen LogP contribution is -2.19. The second-order valence-corrected chi connectivity index (χ2v) is 5.06. The van der Waals surface area contributed by atoms with E-state index in [9.17, 15) is 14.7 Å². The van der Waals surface area contributed by atoms with Crippen LogP contribution in [0.25, 0.3) is 0 Å². The summed E-state index contributed by atoms with van der Waals surface area (Å²) >= 11 is 5.99. The van der Waals surface area contributed by atoms with E-state index < -0.39 is 11.6 Å². The number of ketones is 2. The van der Waals surface area contributed by atoms with Gasteiger partial charge in [0.2, 0.25) is 11.6 Å². The molecule has 0 radical (unpaired) electrons. The van der Waals surface area contributed by atoms with E-state index in [1.54, 1.807) is 42.5 Å². The van der Waals surface area contributed by atoms with Crippen LogP contribution >= 0.6 is 11.6 Å². The molecule has 108 valence electrons. The highest BCUT2D eigenvalue weighted by Crippen LogP contribution is 2.29. The van der Waals surface area contributed by atoms with Crippen LogP contribution in [0.3, 0.4) is 0 Å². The first-order chi connectivity index (χ1) is 10.6. The molecule has 1 N–H and O–H groups in total. The summed E-state index contributed by atoms with van der Waals surface area (Å²) < 4.78 is 0. The zero-order valence-electron chi connectivity index (χ0n) is 11.3. The van der Waals surface area contributed by atoms with Crippen LogP contribution < -0.4 is 0 Å². The summed E-state index contributed by atoms with van der Waals surface area (Å²) in [5.74, 6) is -0.814.